The van der Waals surface area contributed by atoms with Gasteiger partial charge < -0.3 is 15.0 Å². The minimum atomic E-state index is -3.57. The van der Waals surface area contributed by atoms with Gasteiger partial charge in [0.1, 0.15) is 0 Å². The van der Waals surface area contributed by atoms with Crippen LogP contribution in [0, 0.1) is 5.92 Å². The molecule has 1 aliphatic carbocycles. The fourth-order valence-corrected chi connectivity index (χ4v) is 7.16. The predicted molar refractivity (Wildman–Crippen MR) is 143 cm³/mol. The van der Waals surface area contributed by atoms with Crippen molar-refractivity contribution in [3.8, 4) is 0 Å². The van der Waals surface area contributed by atoms with Crippen LogP contribution in [0.25, 0.3) is 0 Å². The number of benzene rings is 1. The molecule has 2 heterocycles. The highest BCUT2D eigenvalue weighted by atomic mass is 32.2. The lowest BCUT2D eigenvalue weighted by molar-refractivity contribution is -0.142. The summed E-state index contributed by atoms with van der Waals surface area (Å²) in [6.07, 6.45) is 5.31. The zero-order chi connectivity index (χ0) is 26.4. The fourth-order valence-electron chi connectivity index (χ4n) is 5.02. The van der Waals surface area contributed by atoms with Crippen molar-refractivity contribution < 1.29 is 22.7 Å². The number of esters is 1. The molecule has 0 bridgehead atoms. The van der Waals surface area contributed by atoms with Crippen LogP contribution in [0.4, 0.5) is 5.13 Å². The summed E-state index contributed by atoms with van der Waals surface area (Å²) in [4.78, 5) is 31.9. The number of carbonyl (C=O) groups excluding carboxylic acids is 2. The molecule has 4 rings (SSSR count). The predicted octanol–water partition coefficient (Wildman–Crippen LogP) is 3.49. The van der Waals surface area contributed by atoms with Gasteiger partial charge in [-0.2, -0.15) is 4.31 Å². The van der Waals surface area contributed by atoms with Crippen LogP contribution in [0.5, 0.6) is 0 Å². The minimum Gasteiger partial charge on any atom is -0.466 e. The summed E-state index contributed by atoms with van der Waals surface area (Å²) in [6, 6.07) is 6.80. The number of hydrogen-bond donors (Lipinski definition) is 1. The van der Waals surface area contributed by atoms with Crippen LogP contribution in [0.2, 0.25) is 0 Å². The summed E-state index contributed by atoms with van der Waals surface area (Å²) >= 11 is 1.28. The van der Waals surface area contributed by atoms with Crippen LogP contribution in [-0.2, 0) is 30.8 Å². The number of sulfonamides is 1. The number of thiazole rings is 1. The van der Waals surface area contributed by atoms with Gasteiger partial charge in [0.25, 0.3) is 0 Å². The number of ether oxygens (including phenoxy) is 1. The zero-order valence-electron chi connectivity index (χ0n) is 21.5. The maximum absolute atomic E-state index is 13.4. The topological polar surface area (TPSA) is 109 Å². The van der Waals surface area contributed by atoms with Gasteiger partial charge in [-0.15, -0.1) is 11.3 Å². The number of amides is 1. The third-order valence-electron chi connectivity index (χ3n) is 7.16. The molecule has 11 heteroatoms. The van der Waals surface area contributed by atoms with Crippen LogP contribution in [0.1, 0.15) is 56.2 Å². The lowest BCUT2D eigenvalue weighted by Crippen LogP contribution is -2.47. The van der Waals surface area contributed by atoms with Crippen molar-refractivity contribution in [3.63, 3.8) is 0 Å². The van der Waals surface area contributed by atoms with E-state index in [2.05, 4.69) is 15.2 Å². The van der Waals surface area contributed by atoms with E-state index in [1.807, 2.05) is 7.05 Å². The number of anilines is 1. The third kappa shape index (κ3) is 7.16. The Morgan fingerprint density at radius 3 is 2.46 bits per heavy atom. The average molecular weight is 549 g/mol. The first-order valence-electron chi connectivity index (χ1n) is 13.0. The first-order chi connectivity index (χ1) is 17.8. The number of piperazine rings is 1. The molecule has 1 aliphatic heterocycles. The summed E-state index contributed by atoms with van der Waals surface area (Å²) in [5.74, 6) is -0.476. The largest absolute Gasteiger partial charge is 0.466 e. The lowest BCUT2D eigenvalue weighted by Gasteiger charge is -2.31. The zero-order valence-corrected chi connectivity index (χ0v) is 23.2. The van der Waals surface area contributed by atoms with Crippen LogP contribution in [0.15, 0.2) is 34.5 Å². The molecule has 1 atom stereocenters. The molecule has 2 aliphatic rings. The molecule has 1 N–H and O–H groups in total. The van der Waals surface area contributed by atoms with Gasteiger partial charge in [0.2, 0.25) is 15.9 Å². The molecule has 1 unspecified atom stereocenters. The smallest absolute Gasteiger partial charge is 0.311 e. The van der Waals surface area contributed by atoms with Crippen molar-refractivity contribution in [2.45, 2.75) is 56.3 Å². The molecule has 202 valence electrons. The van der Waals surface area contributed by atoms with Crippen molar-refractivity contribution in [1.82, 2.24) is 14.2 Å². The average Bonchev–Trinajstić information content (AvgIpc) is 3.55. The number of aromatic nitrogens is 1. The van der Waals surface area contributed by atoms with E-state index in [0.717, 1.165) is 18.4 Å². The van der Waals surface area contributed by atoms with E-state index in [1.165, 1.54) is 28.5 Å². The number of rotatable bonds is 10. The molecule has 1 aromatic carbocycles. The molecule has 1 saturated heterocycles. The first kappa shape index (κ1) is 27.7. The Morgan fingerprint density at radius 2 is 1.81 bits per heavy atom. The normalized spacial score (nSPS) is 18.5. The Bertz CT molecular complexity index is 1170. The molecule has 1 saturated carbocycles. The van der Waals surface area contributed by atoms with Crippen molar-refractivity contribution in [3.05, 3.63) is 40.9 Å². The van der Waals surface area contributed by atoms with E-state index in [9.17, 15) is 18.0 Å². The van der Waals surface area contributed by atoms with E-state index in [1.54, 1.807) is 36.6 Å². The Labute approximate surface area is 223 Å². The molecule has 1 amide bonds. The molecule has 0 spiro atoms. The molecule has 2 aromatic rings. The standard InChI is InChI=1S/C26H36N4O5S2/c1-3-35-24(31)17-21-18-36-26(27-21)28-25(32)23(16-19-6-4-5-7-19)20-8-10-22(11-9-20)37(33,34)30-14-12-29(2)13-15-30/h8-11,18-19,23H,3-7,12-17H2,1-2H3,(H,27,28,32). The highest BCUT2D eigenvalue weighted by Crippen LogP contribution is 2.35. The number of nitrogens with one attached hydrogen (secondary N) is 1. The SMILES string of the molecule is CCOC(=O)Cc1csc(NC(=O)C(CC2CCCC2)c2ccc(S(=O)(=O)N3CCN(C)CC3)cc2)n1. The Balaban J connectivity index is 1.48. The minimum absolute atomic E-state index is 0.0644. The molecule has 9 nitrogen and oxygen atoms in total. The number of likely N-dealkylation sites (N-methyl/N-ethyl adjacent to an activating group) is 1. The Kier molecular flexibility index (Phi) is 9.33. The second kappa shape index (κ2) is 12.5. The van der Waals surface area contributed by atoms with Crippen molar-refractivity contribution in [2.24, 2.45) is 5.92 Å². The van der Waals surface area contributed by atoms with Crippen molar-refractivity contribution >= 4 is 38.4 Å². The highest BCUT2D eigenvalue weighted by molar-refractivity contribution is 7.89. The number of carbonyl (C=O) groups is 2. The monoisotopic (exact) mass is 548 g/mol. The summed E-state index contributed by atoms with van der Waals surface area (Å²) in [7, 11) is -1.58. The van der Waals surface area contributed by atoms with Gasteiger partial charge in [0.05, 0.1) is 29.5 Å². The summed E-state index contributed by atoms with van der Waals surface area (Å²) in [5, 5.41) is 5.11. The summed E-state index contributed by atoms with van der Waals surface area (Å²) < 4.78 is 32.8. The highest BCUT2D eigenvalue weighted by Gasteiger charge is 2.30. The second-order valence-corrected chi connectivity index (χ2v) is 12.6. The van der Waals surface area contributed by atoms with Gasteiger partial charge in [-0.25, -0.2) is 13.4 Å². The summed E-state index contributed by atoms with van der Waals surface area (Å²) in [5.41, 5.74) is 1.36. The Hall–Kier alpha value is -2.34. The van der Waals surface area contributed by atoms with Crippen LogP contribution in [0.3, 0.4) is 0 Å². The van der Waals surface area contributed by atoms with Gasteiger partial charge in [0.15, 0.2) is 5.13 Å². The van der Waals surface area contributed by atoms with Crippen LogP contribution < -0.4 is 5.32 Å². The fraction of sp³-hybridized carbons (Fsp3) is 0.577. The number of hydrogen-bond acceptors (Lipinski definition) is 8. The molecule has 0 radical (unpaired) electrons. The molecule has 2 fully saturated rings. The van der Waals surface area contributed by atoms with E-state index < -0.39 is 15.9 Å². The number of nitrogens with zero attached hydrogens (tertiary/aromatic N) is 3. The van der Waals surface area contributed by atoms with Crippen molar-refractivity contribution in [1.29, 1.82) is 0 Å². The molecule has 37 heavy (non-hydrogen) atoms. The van der Waals surface area contributed by atoms with Gasteiger partial charge in [-0.1, -0.05) is 37.8 Å². The van der Waals surface area contributed by atoms with E-state index in [-0.39, 0.29) is 23.2 Å². The molecular weight excluding hydrogens is 512 g/mol. The maximum Gasteiger partial charge on any atom is 0.311 e. The second-order valence-electron chi connectivity index (χ2n) is 9.83. The Morgan fingerprint density at radius 1 is 1.14 bits per heavy atom. The first-order valence-corrected chi connectivity index (χ1v) is 15.3. The molecule has 1 aromatic heterocycles. The summed E-state index contributed by atoms with van der Waals surface area (Å²) in [6.45, 7) is 4.42. The van der Waals surface area contributed by atoms with Crippen molar-refractivity contribution in [2.75, 3.05) is 45.2 Å². The van der Waals surface area contributed by atoms with Gasteiger partial charge in [-0.05, 0) is 44.0 Å². The van der Waals surface area contributed by atoms with Crippen LogP contribution >= 0.6 is 11.3 Å². The third-order valence-corrected chi connectivity index (χ3v) is 9.87. The quantitative estimate of drug-likeness (QED) is 0.453. The molecular formula is C26H36N4O5S2. The maximum atomic E-state index is 13.4. The van der Waals surface area contributed by atoms with E-state index >= 15 is 0 Å². The van der Waals surface area contributed by atoms with E-state index in [4.69, 9.17) is 4.74 Å². The van der Waals surface area contributed by atoms with Gasteiger partial charge in [-0.3, -0.25) is 9.59 Å². The lowest BCUT2D eigenvalue weighted by atomic mass is 9.87. The van der Waals surface area contributed by atoms with Gasteiger partial charge >= 0.3 is 5.97 Å². The van der Waals surface area contributed by atoms with Gasteiger partial charge in [0, 0.05) is 31.6 Å². The van der Waals surface area contributed by atoms with E-state index in [0.29, 0.717) is 56.0 Å². The van der Waals surface area contributed by atoms with Crippen LogP contribution in [-0.4, -0.2) is 74.3 Å².